The van der Waals surface area contributed by atoms with E-state index in [4.69, 9.17) is 0 Å². The number of nitrogens with one attached hydrogen (secondary N) is 1. The van der Waals surface area contributed by atoms with Crippen LogP contribution < -0.4 is 0 Å². The molecule has 4 nitrogen and oxygen atoms in total. The summed E-state index contributed by atoms with van der Waals surface area (Å²) in [7, 11) is 0. The number of fused-ring (bicyclic) bond motifs is 1. The molecule has 0 aromatic carbocycles. The van der Waals surface area contributed by atoms with Crippen LogP contribution in [0.5, 0.6) is 0 Å². The molecule has 17 heavy (non-hydrogen) atoms. The number of pyridine rings is 1. The van der Waals surface area contributed by atoms with Crippen LogP contribution in [0.25, 0.3) is 22.3 Å². The molecule has 0 fully saturated rings. The van der Waals surface area contributed by atoms with Gasteiger partial charge in [-0.2, -0.15) is 10.2 Å². The summed E-state index contributed by atoms with van der Waals surface area (Å²) in [6.45, 7) is 4.11. The van der Waals surface area contributed by atoms with Crippen molar-refractivity contribution in [1.29, 1.82) is 0 Å². The van der Waals surface area contributed by atoms with E-state index >= 15 is 0 Å². The predicted octanol–water partition coefficient (Wildman–Crippen LogP) is 2.64. The molecular weight excluding hydrogens is 212 g/mol. The smallest absolute Gasteiger partial charge is 0.137 e. The fourth-order valence-electron chi connectivity index (χ4n) is 1.96. The molecular formula is C13H12N4. The van der Waals surface area contributed by atoms with E-state index in [2.05, 4.69) is 27.1 Å². The first-order valence-electron chi connectivity index (χ1n) is 5.48. The molecule has 3 aromatic heterocycles. The van der Waals surface area contributed by atoms with Gasteiger partial charge in [-0.1, -0.05) is 0 Å². The molecule has 4 heteroatoms. The van der Waals surface area contributed by atoms with E-state index < -0.39 is 0 Å². The summed E-state index contributed by atoms with van der Waals surface area (Å²) in [6.07, 6.45) is 5.46. The van der Waals surface area contributed by atoms with Gasteiger partial charge in [-0.3, -0.25) is 0 Å². The molecule has 0 aliphatic carbocycles. The van der Waals surface area contributed by atoms with Gasteiger partial charge in [0.25, 0.3) is 0 Å². The Bertz CT molecular complexity index is 685. The lowest BCUT2D eigenvalue weighted by Crippen LogP contribution is -1.95. The third-order valence-electron chi connectivity index (χ3n) is 3.07. The summed E-state index contributed by atoms with van der Waals surface area (Å²) in [5.74, 6) is 0. The van der Waals surface area contributed by atoms with Crippen molar-refractivity contribution < 1.29 is 0 Å². The van der Waals surface area contributed by atoms with Gasteiger partial charge in [0.1, 0.15) is 5.65 Å². The van der Waals surface area contributed by atoms with E-state index in [9.17, 15) is 0 Å². The van der Waals surface area contributed by atoms with Crippen molar-refractivity contribution in [3.63, 3.8) is 0 Å². The van der Waals surface area contributed by atoms with Crippen LogP contribution in [0.2, 0.25) is 0 Å². The average Bonchev–Trinajstić information content (AvgIpc) is 2.81. The van der Waals surface area contributed by atoms with Crippen LogP contribution in [0.1, 0.15) is 11.1 Å². The van der Waals surface area contributed by atoms with Crippen LogP contribution in [-0.4, -0.2) is 20.2 Å². The minimum Gasteiger partial charge on any atom is -0.346 e. The van der Waals surface area contributed by atoms with Crippen molar-refractivity contribution in [1.82, 2.24) is 20.2 Å². The number of rotatable bonds is 1. The second kappa shape index (κ2) is 3.66. The molecule has 3 heterocycles. The van der Waals surface area contributed by atoms with Crippen LogP contribution in [0.4, 0.5) is 0 Å². The Labute approximate surface area is 98.7 Å². The fourth-order valence-corrected chi connectivity index (χ4v) is 1.96. The first kappa shape index (κ1) is 9.96. The normalized spacial score (nSPS) is 10.9. The van der Waals surface area contributed by atoms with Crippen molar-refractivity contribution in [2.45, 2.75) is 13.8 Å². The van der Waals surface area contributed by atoms with Crippen molar-refractivity contribution in [3.8, 4) is 11.3 Å². The highest BCUT2D eigenvalue weighted by molar-refractivity contribution is 5.92. The topological polar surface area (TPSA) is 54.5 Å². The van der Waals surface area contributed by atoms with E-state index in [1.165, 1.54) is 0 Å². The standard InChI is InChI=1S/C13H12N4/c1-8-7-16-17-12(9(8)2)10-3-5-14-13-11(10)4-6-15-13/h3-7H,1-2H3,(H,14,15). The lowest BCUT2D eigenvalue weighted by molar-refractivity contribution is 1.00. The van der Waals surface area contributed by atoms with Gasteiger partial charge in [-0.15, -0.1) is 0 Å². The maximum Gasteiger partial charge on any atom is 0.137 e. The van der Waals surface area contributed by atoms with Crippen molar-refractivity contribution in [2.75, 3.05) is 0 Å². The van der Waals surface area contributed by atoms with E-state index in [0.29, 0.717) is 0 Å². The maximum atomic E-state index is 4.28. The summed E-state index contributed by atoms with van der Waals surface area (Å²) in [5, 5.41) is 9.36. The summed E-state index contributed by atoms with van der Waals surface area (Å²) in [6, 6.07) is 3.99. The van der Waals surface area contributed by atoms with Crippen LogP contribution >= 0.6 is 0 Å². The molecule has 0 amide bonds. The second-order valence-corrected chi connectivity index (χ2v) is 4.10. The SMILES string of the molecule is Cc1cnnc(-c2ccnc3[nH]ccc23)c1C. The first-order valence-corrected chi connectivity index (χ1v) is 5.48. The van der Waals surface area contributed by atoms with Gasteiger partial charge in [0, 0.05) is 23.3 Å². The summed E-state index contributed by atoms with van der Waals surface area (Å²) in [5.41, 5.74) is 5.19. The van der Waals surface area contributed by atoms with E-state index in [1.54, 1.807) is 12.4 Å². The highest BCUT2D eigenvalue weighted by Crippen LogP contribution is 2.28. The number of aromatic amines is 1. The van der Waals surface area contributed by atoms with Gasteiger partial charge < -0.3 is 4.98 Å². The van der Waals surface area contributed by atoms with Crippen molar-refractivity contribution >= 4 is 11.0 Å². The molecule has 84 valence electrons. The number of aromatic nitrogens is 4. The molecule has 0 unspecified atom stereocenters. The fraction of sp³-hybridized carbons (Fsp3) is 0.154. The van der Waals surface area contributed by atoms with E-state index in [-0.39, 0.29) is 0 Å². The molecule has 0 saturated carbocycles. The average molecular weight is 224 g/mol. The van der Waals surface area contributed by atoms with Crippen LogP contribution in [0.15, 0.2) is 30.7 Å². The zero-order valence-electron chi connectivity index (χ0n) is 9.73. The maximum absolute atomic E-state index is 4.28. The Morgan fingerprint density at radius 1 is 1.18 bits per heavy atom. The Hall–Kier alpha value is -2.23. The minimum absolute atomic E-state index is 0.880. The zero-order chi connectivity index (χ0) is 11.8. The number of nitrogens with zero attached hydrogens (tertiary/aromatic N) is 3. The molecule has 0 aliphatic heterocycles. The Kier molecular flexibility index (Phi) is 2.14. The minimum atomic E-state index is 0.880. The summed E-state index contributed by atoms with van der Waals surface area (Å²) in [4.78, 5) is 7.38. The second-order valence-electron chi connectivity index (χ2n) is 4.10. The molecule has 0 atom stereocenters. The molecule has 0 saturated heterocycles. The summed E-state index contributed by atoms with van der Waals surface area (Å²) >= 11 is 0. The monoisotopic (exact) mass is 224 g/mol. The third kappa shape index (κ3) is 1.49. The molecule has 0 spiro atoms. The number of hydrogen-bond donors (Lipinski definition) is 1. The van der Waals surface area contributed by atoms with Crippen molar-refractivity contribution in [3.05, 3.63) is 41.9 Å². The highest BCUT2D eigenvalue weighted by Gasteiger charge is 2.10. The third-order valence-corrected chi connectivity index (χ3v) is 3.07. The van der Waals surface area contributed by atoms with Crippen LogP contribution in [0.3, 0.4) is 0 Å². The molecule has 1 N–H and O–H groups in total. The number of hydrogen-bond acceptors (Lipinski definition) is 3. The van der Waals surface area contributed by atoms with Crippen LogP contribution in [0, 0.1) is 13.8 Å². The molecule has 0 bridgehead atoms. The number of H-pyrrole nitrogens is 1. The lowest BCUT2D eigenvalue weighted by Gasteiger charge is -2.07. The molecule has 3 aromatic rings. The zero-order valence-corrected chi connectivity index (χ0v) is 9.73. The predicted molar refractivity (Wildman–Crippen MR) is 66.6 cm³/mol. The first-order chi connectivity index (χ1) is 8.27. The van der Waals surface area contributed by atoms with Gasteiger partial charge in [0.15, 0.2) is 0 Å². The largest absolute Gasteiger partial charge is 0.346 e. The Balaban J connectivity index is 2.34. The van der Waals surface area contributed by atoms with Crippen LogP contribution in [-0.2, 0) is 0 Å². The van der Waals surface area contributed by atoms with Gasteiger partial charge in [-0.05, 0) is 37.1 Å². The Morgan fingerprint density at radius 2 is 2.06 bits per heavy atom. The van der Waals surface area contributed by atoms with Gasteiger partial charge in [0.05, 0.1) is 11.9 Å². The Morgan fingerprint density at radius 3 is 2.94 bits per heavy atom. The van der Waals surface area contributed by atoms with E-state index in [0.717, 1.165) is 33.4 Å². The highest BCUT2D eigenvalue weighted by atomic mass is 15.1. The lowest BCUT2D eigenvalue weighted by atomic mass is 10.0. The van der Waals surface area contributed by atoms with Gasteiger partial charge in [-0.25, -0.2) is 4.98 Å². The summed E-state index contributed by atoms with van der Waals surface area (Å²) < 4.78 is 0. The number of aryl methyl sites for hydroxylation is 1. The van der Waals surface area contributed by atoms with Gasteiger partial charge >= 0.3 is 0 Å². The van der Waals surface area contributed by atoms with Crippen molar-refractivity contribution in [2.24, 2.45) is 0 Å². The van der Waals surface area contributed by atoms with E-state index in [1.807, 2.05) is 25.3 Å². The molecule has 3 rings (SSSR count). The quantitative estimate of drug-likeness (QED) is 0.691. The molecule has 0 aliphatic rings. The molecule has 0 radical (unpaired) electrons. The van der Waals surface area contributed by atoms with Gasteiger partial charge in [0.2, 0.25) is 0 Å².